The third-order valence-electron chi connectivity index (χ3n) is 3.51. The Morgan fingerprint density at radius 2 is 2.18 bits per heavy atom. The molecule has 0 aliphatic carbocycles. The van der Waals surface area contributed by atoms with Crippen molar-refractivity contribution >= 4 is 17.2 Å². The number of thiazole rings is 1. The van der Waals surface area contributed by atoms with Crippen molar-refractivity contribution in [3.63, 3.8) is 0 Å². The summed E-state index contributed by atoms with van der Waals surface area (Å²) in [5.74, 6) is -0.375. The third kappa shape index (κ3) is 5.22. The molecule has 1 unspecified atom stereocenters. The van der Waals surface area contributed by atoms with Gasteiger partial charge in [0.25, 0.3) is 0 Å². The number of halogens is 3. The number of piperazine rings is 1. The number of rotatable bonds is 6. The van der Waals surface area contributed by atoms with Crippen molar-refractivity contribution in [3.05, 3.63) is 16.6 Å². The number of alkyl halides is 3. The van der Waals surface area contributed by atoms with Gasteiger partial charge in [-0.05, 0) is 0 Å². The number of aryl methyl sites for hydroxylation is 1. The number of carbonyl (C=O) groups is 1. The topological polar surface area (TPSA) is 57.3 Å². The van der Waals surface area contributed by atoms with E-state index in [2.05, 4.69) is 15.6 Å². The van der Waals surface area contributed by atoms with Gasteiger partial charge in [0.05, 0.1) is 5.01 Å². The monoisotopic (exact) mass is 336 g/mol. The summed E-state index contributed by atoms with van der Waals surface area (Å²) in [5.41, 5.74) is 0. The molecule has 2 heterocycles. The van der Waals surface area contributed by atoms with E-state index in [4.69, 9.17) is 0 Å². The molecular formula is C13H19F3N4OS. The molecule has 0 radical (unpaired) electrons. The molecule has 22 heavy (non-hydrogen) atoms. The van der Waals surface area contributed by atoms with Crippen molar-refractivity contribution in [3.8, 4) is 0 Å². The summed E-state index contributed by atoms with van der Waals surface area (Å²) in [4.78, 5) is 17.1. The standard InChI is InChI=1S/C13H19F3N4OS/c14-13(15,16)10(20-6-3-17-4-7-20)9-19-11(21)1-2-12-18-5-8-22-12/h5,8,10,17H,1-4,6-7,9H2,(H,19,21). The molecular weight excluding hydrogens is 317 g/mol. The highest BCUT2D eigenvalue weighted by molar-refractivity contribution is 7.09. The number of aromatic nitrogens is 1. The van der Waals surface area contributed by atoms with E-state index in [9.17, 15) is 18.0 Å². The van der Waals surface area contributed by atoms with Crippen LogP contribution in [0.5, 0.6) is 0 Å². The molecule has 0 bridgehead atoms. The molecule has 124 valence electrons. The van der Waals surface area contributed by atoms with Crippen LogP contribution in [0.3, 0.4) is 0 Å². The van der Waals surface area contributed by atoms with Crippen molar-refractivity contribution in [1.82, 2.24) is 20.5 Å². The summed E-state index contributed by atoms with van der Waals surface area (Å²) in [6, 6.07) is -1.63. The molecule has 0 aromatic carbocycles. The average Bonchev–Trinajstić information content (AvgIpc) is 2.98. The lowest BCUT2D eigenvalue weighted by atomic mass is 10.2. The van der Waals surface area contributed by atoms with Crippen LogP contribution in [0, 0.1) is 0 Å². The summed E-state index contributed by atoms with van der Waals surface area (Å²) in [6.07, 6.45) is -2.10. The minimum atomic E-state index is -4.35. The molecule has 9 heteroatoms. The van der Waals surface area contributed by atoms with Crippen LogP contribution in [0.15, 0.2) is 11.6 Å². The normalized spacial score (nSPS) is 18.1. The molecule has 1 atom stereocenters. The quantitative estimate of drug-likeness (QED) is 0.815. The van der Waals surface area contributed by atoms with Gasteiger partial charge in [0.15, 0.2) is 0 Å². The number of nitrogens with one attached hydrogen (secondary N) is 2. The van der Waals surface area contributed by atoms with Crippen LogP contribution in [-0.2, 0) is 11.2 Å². The maximum absolute atomic E-state index is 13.1. The largest absolute Gasteiger partial charge is 0.405 e. The Morgan fingerprint density at radius 1 is 1.45 bits per heavy atom. The second kappa shape index (κ2) is 7.89. The Kier molecular flexibility index (Phi) is 6.16. The summed E-state index contributed by atoms with van der Waals surface area (Å²) in [5, 5.41) is 8.04. The Bertz CT molecular complexity index is 460. The van der Waals surface area contributed by atoms with E-state index in [1.54, 1.807) is 11.6 Å². The van der Waals surface area contributed by atoms with Crippen LogP contribution in [-0.4, -0.2) is 60.7 Å². The van der Waals surface area contributed by atoms with Crippen molar-refractivity contribution in [2.24, 2.45) is 0 Å². The molecule has 1 aromatic heterocycles. The number of nitrogens with zero attached hydrogens (tertiary/aromatic N) is 2. The molecule has 1 amide bonds. The summed E-state index contributed by atoms with van der Waals surface area (Å²) in [6.45, 7) is 1.33. The lowest BCUT2D eigenvalue weighted by molar-refractivity contribution is -0.184. The van der Waals surface area contributed by atoms with E-state index in [0.29, 0.717) is 32.6 Å². The first-order valence-electron chi connectivity index (χ1n) is 7.13. The van der Waals surface area contributed by atoms with Crippen molar-refractivity contribution in [1.29, 1.82) is 0 Å². The van der Waals surface area contributed by atoms with E-state index in [1.807, 2.05) is 0 Å². The number of hydrogen-bond acceptors (Lipinski definition) is 5. The van der Waals surface area contributed by atoms with Gasteiger partial charge in [-0.15, -0.1) is 11.3 Å². The number of carbonyl (C=O) groups excluding carboxylic acids is 1. The maximum atomic E-state index is 13.1. The van der Waals surface area contributed by atoms with E-state index in [0.717, 1.165) is 5.01 Å². The van der Waals surface area contributed by atoms with Gasteiger partial charge in [-0.2, -0.15) is 13.2 Å². The van der Waals surface area contributed by atoms with Gasteiger partial charge in [0.1, 0.15) is 6.04 Å². The minimum Gasteiger partial charge on any atom is -0.354 e. The highest BCUT2D eigenvalue weighted by Crippen LogP contribution is 2.24. The SMILES string of the molecule is O=C(CCc1nccs1)NCC(N1CCNCC1)C(F)(F)F. The van der Waals surface area contributed by atoms with Crippen LogP contribution in [0.4, 0.5) is 13.2 Å². The summed E-state index contributed by atoms with van der Waals surface area (Å²) < 4.78 is 39.4. The van der Waals surface area contributed by atoms with Crippen LogP contribution in [0.25, 0.3) is 0 Å². The van der Waals surface area contributed by atoms with E-state index >= 15 is 0 Å². The lowest BCUT2D eigenvalue weighted by Crippen LogP contribution is -2.57. The minimum absolute atomic E-state index is 0.152. The average molecular weight is 336 g/mol. The van der Waals surface area contributed by atoms with Gasteiger partial charge in [-0.3, -0.25) is 9.69 Å². The van der Waals surface area contributed by atoms with E-state index in [1.165, 1.54) is 16.2 Å². The first-order valence-corrected chi connectivity index (χ1v) is 8.01. The molecule has 1 aromatic rings. The van der Waals surface area contributed by atoms with Crippen LogP contribution < -0.4 is 10.6 Å². The van der Waals surface area contributed by atoms with Crippen LogP contribution >= 0.6 is 11.3 Å². The fourth-order valence-corrected chi connectivity index (χ4v) is 2.96. The second-order valence-corrected chi connectivity index (χ2v) is 6.05. The molecule has 0 saturated carbocycles. The molecule has 1 fully saturated rings. The van der Waals surface area contributed by atoms with Crippen LogP contribution in [0.2, 0.25) is 0 Å². The highest BCUT2D eigenvalue weighted by Gasteiger charge is 2.43. The Labute approximate surface area is 130 Å². The zero-order chi connectivity index (χ0) is 16.0. The molecule has 0 spiro atoms. The van der Waals surface area contributed by atoms with Crippen LogP contribution in [0.1, 0.15) is 11.4 Å². The predicted octanol–water partition coefficient (Wildman–Crippen LogP) is 1.03. The zero-order valence-electron chi connectivity index (χ0n) is 12.0. The number of hydrogen-bond donors (Lipinski definition) is 2. The fourth-order valence-electron chi connectivity index (χ4n) is 2.34. The van der Waals surface area contributed by atoms with Gasteiger partial charge in [0.2, 0.25) is 5.91 Å². The van der Waals surface area contributed by atoms with Gasteiger partial charge >= 0.3 is 6.18 Å². The molecule has 1 saturated heterocycles. The second-order valence-electron chi connectivity index (χ2n) is 5.07. The smallest absolute Gasteiger partial charge is 0.354 e. The zero-order valence-corrected chi connectivity index (χ0v) is 12.8. The first kappa shape index (κ1) is 17.2. The maximum Gasteiger partial charge on any atom is 0.405 e. The van der Waals surface area contributed by atoms with Crippen molar-refractivity contribution < 1.29 is 18.0 Å². The highest BCUT2D eigenvalue weighted by atomic mass is 32.1. The third-order valence-corrected chi connectivity index (χ3v) is 4.35. The molecule has 2 rings (SSSR count). The molecule has 1 aliphatic heterocycles. The lowest BCUT2D eigenvalue weighted by Gasteiger charge is -2.35. The Hall–Kier alpha value is -1.19. The summed E-state index contributed by atoms with van der Waals surface area (Å²) in [7, 11) is 0. The van der Waals surface area contributed by atoms with Gasteiger partial charge in [-0.25, -0.2) is 4.98 Å². The number of amides is 1. The van der Waals surface area contributed by atoms with Crippen molar-refractivity contribution in [2.75, 3.05) is 32.7 Å². The predicted molar refractivity (Wildman–Crippen MR) is 77.7 cm³/mol. The Balaban J connectivity index is 1.81. The summed E-state index contributed by atoms with van der Waals surface area (Å²) >= 11 is 1.43. The van der Waals surface area contributed by atoms with E-state index in [-0.39, 0.29) is 12.3 Å². The van der Waals surface area contributed by atoms with Gasteiger partial charge in [0, 0.05) is 57.1 Å². The Morgan fingerprint density at radius 3 is 2.77 bits per heavy atom. The molecule has 5 nitrogen and oxygen atoms in total. The van der Waals surface area contributed by atoms with Crippen molar-refractivity contribution in [2.45, 2.75) is 25.1 Å². The first-order chi connectivity index (χ1) is 10.5. The fraction of sp³-hybridized carbons (Fsp3) is 0.692. The molecule has 1 aliphatic rings. The molecule has 2 N–H and O–H groups in total. The van der Waals surface area contributed by atoms with Gasteiger partial charge in [-0.1, -0.05) is 0 Å². The van der Waals surface area contributed by atoms with E-state index < -0.39 is 18.8 Å². The van der Waals surface area contributed by atoms with Gasteiger partial charge < -0.3 is 10.6 Å².